The predicted octanol–water partition coefficient (Wildman–Crippen LogP) is 20.1. The second-order valence-corrected chi connectivity index (χ2v) is 30.4. The number of hydrogen-bond donors (Lipinski definition) is 3. The van der Waals surface area contributed by atoms with Crippen molar-refractivity contribution in [2.75, 3.05) is 39.6 Å². The largest absolute Gasteiger partial charge is 0.472 e. The number of carbonyl (C=O) groups is 4. The molecule has 0 aliphatic carbocycles. The van der Waals surface area contributed by atoms with E-state index in [0.29, 0.717) is 31.6 Å². The highest BCUT2D eigenvalue weighted by molar-refractivity contribution is 7.47. The van der Waals surface area contributed by atoms with Crippen LogP contribution in [0.3, 0.4) is 0 Å². The lowest BCUT2D eigenvalue weighted by molar-refractivity contribution is -0.161. The monoisotopic (exact) mass is 1320 g/mol. The van der Waals surface area contributed by atoms with Crippen LogP contribution < -0.4 is 0 Å². The molecule has 0 aliphatic heterocycles. The highest BCUT2D eigenvalue weighted by Gasteiger charge is 2.30. The van der Waals surface area contributed by atoms with E-state index in [2.05, 4.69) is 55.4 Å². The van der Waals surface area contributed by atoms with Gasteiger partial charge in [0.05, 0.1) is 26.4 Å². The molecule has 0 amide bonds. The fourth-order valence-corrected chi connectivity index (χ4v) is 12.2. The van der Waals surface area contributed by atoms with Crippen LogP contribution in [0.25, 0.3) is 0 Å². The summed E-state index contributed by atoms with van der Waals surface area (Å²) in [7, 11) is -9.90. The maximum absolute atomic E-state index is 13.0. The van der Waals surface area contributed by atoms with Gasteiger partial charge in [0.15, 0.2) is 12.2 Å². The van der Waals surface area contributed by atoms with Crippen LogP contribution in [0.5, 0.6) is 0 Å². The molecule has 0 aromatic heterocycles. The average Bonchev–Trinajstić information content (AvgIpc) is 3.67. The fraction of sp³-hybridized carbons (Fsp3) is 0.944. The number of rotatable bonds is 68. The van der Waals surface area contributed by atoms with Gasteiger partial charge in [0.1, 0.15) is 19.3 Å². The van der Waals surface area contributed by atoms with E-state index in [1.165, 1.54) is 148 Å². The quantitative estimate of drug-likeness (QED) is 0.0222. The standard InChI is InChI=1S/C71H138O17P2/c1-61(2)47-39-31-23-17-13-9-11-15-19-26-35-43-51-68(73)81-57-66(87-70(75)53-45-37-27-20-16-12-10-14-18-24-32-40-48-62(3)4)59-85-89(77,78)83-55-65(72)56-84-90(79,80)86-60-67(58-82-69(74)52-44-36-30-29-34-42-50-64(7)8)88-71(76)54-46-38-28-22-21-25-33-41-49-63(5)6/h61-67,72H,9-60H2,1-8H3,(H,77,78)(H,79,80)/t65-,66-,67-/m1/s1. The summed E-state index contributed by atoms with van der Waals surface area (Å²) in [6, 6.07) is 0. The van der Waals surface area contributed by atoms with Gasteiger partial charge in [-0.3, -0.25) is 37.3 Å². The molecule has 0 rings (SSSR count). The summed E-state index contributed by atoms with van der Waals surface area (Å²) in [5.74, 6) is 0.826. The Balaban J connectivity index is 5.24. The second kappa shape index (κ2) is 60.7. The van der Waals surface area contributed by atoms with Crippen LogP contribution >= 0.6 is 15.6 Å². The molecule has 0 aromatic rings. The van der Waals surface area contributed by atoms with Crippen LogP contribution in [0.1, 0.15) is 351 Å². The number of aliphatic hydroxyl groups is 1. The van der Waals surface area contributed by atoms with Gasteiger partial charge in [0, 0.05) is 25.7 Å². The van der Waals surface area contributed by atoms with Gasteiger partial charge in [0.2, 0.25) is 0 Å². The number of carbonyl (C=O) groups excluding carboxylic acids is 4. The summed E-state index contributed by atoms with van der Waals surface area (Å²) >= 11 is 0. The Kier molecular flexibility index (Phi) is 59.4. The molecule has 5 atom stereocenters. The number of aliphatic hydroxyl groups excluding tert-OH is 1. The number of unbranched alkanes of at least 4 members (excludes halogenated alkanes) is 34. The van der Waals surface area contributed by atoms with Crippen LogP contribution in [0, 0.1) is 23.7 Å². The van der Waals surface area contributed by atoms with Gasteiger partial charge in [-0.05, 0) is 49.4 Å². The third-order valence-electron chi connectivity index (χ3n) is 16.3. The molecule has 0 aliphatic rings. The molecule has 534 valence electrons. The van der Waals surface area contributed by atoms with E-state index in [1.807, 2.05) is 0 Å². The fourth-order valence-electron chi connectivity index (χ4n) is 10.7. The van der Waals surface area contributed by atoms with Gasteiger partial charge >= 0.3 is 39.5 Å². The summed E-state index contributed by atoms with van der Waals surface area (Å²) < 4.78 is 68.3. The first kappa shape index (κ1) is 88.1. The molecule has 0 radical (unpaired) electrons. The number of hydrogen-bond acceptors (Lipinski definition) is 15. The number of ether oxygens (including phenoxy) is 4. The minimum atomic E-state index is -4.95. The highest BCUT2D eigenvalue weighted by Crippen LogP contribution is 2.45. The van der Waals surface area contributed by atoms with Crippen molar-refractivity contribution in [3.8, 4) is 0 Å². The van der Waals surface area contributed by atoms with E-state index in [4.69, 9.17) is 37.0 Å². The van der Waals surface area contributed by atoms with Gasteiger partial charge in [0.25, 0.3) is 0 Å². The zero-order chi connectivity index (χ0) is 66.8. The Morgan fingerprint density at radius 1 is 0.278 bits per heavy atom. The number of phosphoric ester groups is 2. The van der Waals surface area contributed by atoms with E-state index in [9.17, 15) is 43.2 Å². The Morgan fingerprint density at radius 3 is 0.689 bits per heavy atom. The average molecular weight is 1330 g/mol. The van der Waals surface area contributed by atoms with Crippen molar-refractivity contribution >= 4 is 39.5 Å². The van der Waals surface area contributed by atoms with Crippen LogP contribution in [0.2, 0.25) is 0 Å². The highest BCUT2D eigenvalue weighted by atomic mass is 31.2. The zero-order valence-corrected chi connectivity index (χ0v) is 60.6. The summed E-state index contributed by atoms with van der Waals surface area (Å²) in [6.07, 6.45) is 43.2. The molecule has 0 aromatic carbocycles. The first-order valence-electron chi connectivity index (χ1n) is 36.7. The smallest absolute Gasteiger partial charge is 0.462 e. The van der Waals surface area contributed by atoms with Crippen LogP contribution in [0.4, 0.5) is 0 Å². The molecule has 0 fully saturated rings. The second-order valence-electron chi connectivity index (χ2n) is 27.5. The van der Waals surface area contributed by atoms with Crippen molar-refractivity contribution in [2.24, 2.45) is 23.7 Å². The third-order valence-corrected chi connectivity index (χ3v) is 18.2. The van der Waals surface area contributed by atoms with Gasteiger partial charge < -0.3 is 33.8 Å². The summed E-state index contributed by atoms with van der Waals surface area (Å²) in [4.78, 5) is 72.5. The SMILES string of the molecule is CC(C)CCCCCCCCCCCCCCC(=O)OC[C@H](COP(=O)(O)OC[C@@H](O)COP(=O)(O)OC[C@@H](COC(=O)CCCCCCCCC(C)C)OC(=O)CCCCCCCCCCC(C)C)OC(=O)CCCCCCCCCCCCCCC(C)C. The summed E-state index contributed by atoms with van der Waals surface area (Å²) in [5.41, 5.74) is 0. The molecule has 2 unspecified atom stereocenters. The molecule has 0 saturated carbocycles. The van der Waals surface area contributed by atoms with Crippen molar-refractivity contribution in [1.82, 2.24) is 0 Å². The van der Waals surface area contributed by atoms with E-state index in [1.54, 1.807) is 0 Å². The van der Waals surface area contributed by atoms with E-state index in [-0.39, 0.29) is 25.7 Å². The molecular formula is C71H138O17P2. The molecule has 90 heavy (non-hydrogen) atoms. The normalized spacial score (nSPS) is 14.3. The molecule has 0 heterocycles. The summed E-state index contributed by atoms with van der Waals surface area (Å²) in [5, 5.41) is 10.6. The Bertz CT molecular complexity index is 1780. The van der Waals surface area contributed by atoms with Gasteiger partial charge in [-0.25, -0.2) is 9.13 Å². The van der Waals surface area contributed by atoms with Crippen molar-refractivity contribution < 1.29 is 80.2 Å². The van der Waals surface area contributed by atoms with E-state index >= 15 is 0 Å². The first-order valence-corrected chi connectivity index (χ1v) is 39.7. The number of phosphoric acid groups is 2. The molecule has 19 heteroatoms. The lowest BCUT2D eigenvalue weighted by Crippen LogP contribution is -2.30. The van der Waals surface area contributed by atoms with Crippen molar-refractivity contribution in [1.29, 1.82) is 0 Å². The Morgan fingerprint density at radius 2 is 0.467 bits per heavy atom. The van der Waals surface area contributed by atoms with E-state index in [0.717, 1.165) is 114 Å². The lowest BCUT2D eigenvalue weighted by atomic mass is 10.0. The Labute approximate surface area is 549 Å². The van der Waals surface area contributed by atoms with Gasteiger partial charge in [-0.15, -0.1) is 0 Å². The maximum Gasteiger partial charge on any atom is 0.472 e. The topological polar surface area (TPSA) is 237 Å². The van der Waals surface area contributed by atoms with Crippen molar-refractivity contribution in [2.45, 2.75) is 369 Å². The molecule has 3 N–H and O–H groups in total. The maximum atomic E-state index is 13.0. The molecule has 0 bridgehead atoms. The molecule has 17 nitrogen and oxygen atoms in total. The van der Waals surface area contributed by atoms with Crippen LogP contribution in [0.15, 0.2) is 0 Å². The van der Waals surface area contributed by atoms with Crippen LogP contribution in [-0.2, 0) is 65.4 Å². The molecular weight excluding hydrogens is 1190 g/mol. The van der Waals surface area contributed by atoms with Crippen molar-refractivity contribution in [3.63, 3.8) is 0 Å². The number of esters is 4. The third kappa shape index (κ3) is 64.8. The lowest BCUT2D eigenvalue weighted by Gasteiger charge is -2.21. The van der Waals surface area contributed by atoms with Gasteiger partial charge in [-0.1, -0.05) is 299 Å². The zero-order valence-electron chi connectivity index (χ0n) is 58.8. The minimum absolute atomic E-state index is 0.103. The van der Waals surface area contributed by atoms with Gasteiger partial charge in [-0.2, -0.15) is 0 Å². The molecule has 0 saturated heterocycles. The Hall–Kier alpha value is -1.94. The molecule has 0 spiro atoms. The first-order chi connectivity index (χ1) is 43.1. The van der Waals surface area contributed by atoms with Crippen LogP contribution in [-0.4, -0.2) is 96.7 Å². The minimum Gasteiger partial charge on any atom is -0.462 e. The predicted molar refractivity (Wildman–Crippen MR) is 363 cm³/mol. The van der Waals surface area contributed by atoms with E-state index < -0.39 is 97.5 Å². The van der Waals surface area contributed by atoms with Crippen molar-refractivity contribution in [3.05, 3.63) is 0 Å². The summed E-state index contributed by atoms with van der Waals surface area (Å²) in [6.45, 7) is 14.1.